The third-order valence-electron chi connectivity index (χ3n) is 5.12. The third kappa shape index (κ3) is 5.77. The maximum atomic E-state index is 5.77. The summed E-state index contributed by atoms with van der Waals surface area (Å²) >= 11 is 0. The first-order chi connectivity index (χ1) is 13.8. The van der Waals surface area contributed by atoms with E-state index in [0.29, 0.717) is 25.8 Å². The standard InChI is InChI=1S/C21H29N5O2.HI/c1-2-22-21(23-15-17-10-11-26(25-17)18-6-3-4-7-18)24-16-8-9-19-20(14-16)28-13-5-12-27-19;/h8-11,14,18H,2-7,12-13,15H2,1H3,(H2,22,23,24);1H. The van der Waals surface area contributed by atoms with E-state index in [9.17, 15) is 0 Å². The molecule has 0 amide bonds. The van der Waals surface area contributed by atoms with Gasteiger partial charge < -0.3 is 20.1 Å². The second-order valence-corrected chi connectivity index (χ2v) is 7.26. The van der Waals surface area contributed by atoms with E-state index in [1.807, 2.05) is 18.2 Å². The molecule has 4 rings (SSSR count). The Kier molecular flexibility index (Phi) is 8.02. The highest BCUT2D eigenvalue weighted by Gasteiger charge is 2.17. The van der Waals surface area contributed by atoms with Crippen LogP contribution in [-0.4, -0.2) is 35.5 Å². The molecular weight excluding hydrogens is 481 g/mol. The average molecular weight is 511 g/mol. The number of halogens is 1. The number of aromatic nitrogens is 2. The molecule has 2 aliphatic rings. The Morgan fingerprint density at radius 3 is 2.72 bits per heavy atom. The van der Waals surface area contributed by atoms with Gasteiger partial charge in [0.2, 0.25) is 0 Å². The van der Waals surface area contributed by atoms with E-state index in [1.54, 1.807) is 0 Å². The van der Waals surface area contributed by atoms with Gasteiger partial charge in [0.25, 0.3) is 0 Å². The second-order valence-electron chi connectivity index (χ2n) is 7.26. The molecule has 1 aromatic carbocycles. The average Bonchev–Trinajstić information content (AvgIpc) is 3.34. The molecule has 0 bridgehead atoms. The van der Waals surface area contributed by atoms with Crippen molar-refractivity contribution in [2.24, 2.45) is 4.99 Å². The zero-order valence-electron chi connectivity index (χ0n) is 16.9. The Morgan fingerprint density at radius 1 is 1.14 bits per heavy atom. The van der Waals surface area contributed by atoms with Crippen molar-refractivity contribution < 1.29 is 9.47 Å². The summed E-state index contributed by atoms with van der Waals surface area (Å²) in [7, 11) is 0. The van der Waals surface area contributed by atoms with E-state index in [1.165, 1.54) is 25.7 Å². The van der Waals surface area contributed by atoms with Crippen LogP contribution in [0.1, 0.15) is 50.8 Å². The van der Waals surface area contributed by atoms with Gasteiger partial charge in [-0.1, -0.05) is 12.8 Å². The van der Waals surface area contributed by atoms with Gasteiger partial charge in [-0.15, -0.1) is 24.0 Å². The molecule has 1 aliphatic heterocycles. The van der Waals surface area contributed by atoms with Gasteiger partial charge in [-0.25, -0.2) is 4.99 Å². The zero-order valence-corrected chi connectivity index (χ0v) is 19.2. The number of guanidine groups is 1. The van der Waals surface area contributed by atoms with Crippen molar-refractivity contribution >= 4 is 35.6 Å². The number of hydrogen-bond acceptors (Lipinski definition) is 4. The van der Waals surface area contributed by atoms with Crippen molar-refractivity contribution in [3.63, 3.8) is 0 Å². The van der Waals surface area contributed by atoms with Gasteiger partial charge in [-0.2, -0.15) is 5.10 Å². The summed E-state index contributed by atoms with van der Waals surface area (Å²) in [5, 5.41) is 11.4. The molecule has 1 saturated carbocycles. The predicted octanol–water partition coefficient (Wildman–Crippen LogP) is 4.36. The fraction of sp³-hybridized carbons (Fsp3) is 0.524. The van der Waals surface area contributed by atoms with Crippen LogP contribution in [0.4, 0.5) is 5.69 Å². The van der Waals surface area contributed by atoms with Gasteiger partial charge in [0.15, 0.2) is 17.5 Å². The number of hydrogen-bond donors (Lipinski definition) is 2. The van der Waals surface area contributed by atoms with Crippen LogP contribution in [0.25, 0.3) is 0 Å². The summed E-state index contributed by atoms with van der Waals surface area (Å²) in [6.07, 6.45) is 8.07. The molecule has 0 spiro atoms. The number of rotatable bonds is 5. The van der Waals surface area contributed by atoms with Crippen LogP contribution in [0.5, 0.6) is 11.5 Å². The highest BCUT2D eigenvalue weighted by molar-refractivity contribution is 14.0. The van der Waals surface area contributed by atoms with Gasteiger partial charge in [0, 0.05) is 30.9 Å². The molecule has 2 aromatic rings. The molecule has 1 aliphatic carbocycles. The van der Waals surface area contributed by atoms with Gasteiger partial charge >= 0.3 is 0 Å². The molecular formula is C21H30IN5O2. The lowest BCUT2D eigenvalue weighted by Gasteiger charge is -2.13. The molecule has 0 atom stereocenters. The topological polar surface area (TPSA) is 72.7 Å². The van der Waals surface area contributed by atoms with Crippen LogP contribution in [0.2, 0.25) is 0 Å². The minimum Gasteiger partial charge on any atom is -0.490 e. The van der Waals surface area contributed by atoms with Crippen LogP contribution in [0.3, 0.4) is 0 Å². The van der Waals surface area contributed by atoms with E-state index in [-0.39, 0.29) is 24.0 Å². The predicted molar refractivity (Wildman–Crippen MR) is 126 cm³/mol. The summed E-state index contributed by atoms with van der Waals surface area (Å²) in [4.78, 5) is 4.70. The lowest BCUT2D eigenvalue weighted by molar-refractivity contribution is 0.297. The van der Waals surface area contributed by atoms with Crippen molar-refractivity contribution in [2.45, 2.75) is 51.6 Å². The first-order valence-corrected chi connectivity index (χ1v) is 10.3. The molecule has 158 valence electrons. The van der Waals surface area contributed by atoms with E-state index in [2.05, 4.69) is 34.5 Å². The largest absolute Gasteiger partial charge is 0.490 e. The number of nitrogens with one attached hydrogen (secondary N) is 2. The SMILES string of the molecule is CCNC(=NCc1ccn(C2CCCC2)n1)Nc1ccc2c(c1)OCCCO2.I. The fourth-order valence-corrected chi connectivity index (χ4v) is 3.68. The van der Waals surface area contributed by atoms with E-state index in [0.717, 1.165) is 41.8 Å². The molecule has 8 heteroatoms. The van der Waals surface area contributed by atoms with Gasteiger partial charge in [0.1, 0.15) is 0 Å². The Morgan fingerprint density at radius 2 is 1.93 bits per heavy atom. The van der Waals surface area contributed by atoms with Crippen molar-refractivity contribution in [3.8, 4) is 11.5 Å². The maximum Gasteiger partial charge on any atom is 0.196 e. The molecule has 1 aromatic heterocycles. The first-order valence-electron chi connectivity index (χ1n) is 10.3. The minimum absolute atomic E-state index is 0. The number of nitrogens with zero attached hydrogens (tertiary/aromatic N) is 3. The zero-order chi connectivity index (χ0) is 19.2. The van der Waals surface area contributed by atoms with E-state index >= 15 is 0 Å². The summed E-state index contributed by atoms with van der Waals surface area (Å²) in [6.45, 7) is 4.75. The minimum atomic E-state index is 0. The second kappa shape index (κ2) is 10.7. The Hall–Kier alpha value is -1.97. The van der Waals surface area contributed by atoms with E-state index in [4.69, 9.17) is 19.6 Å². The maximum absolute atomic E-state index is 5.77. The summed E-state index contributed by atoms with van der Waals surface area (Å²) in [5.74, 6) is 2.29. The van der Waals surface area contributed by atoms with Gasteiger partial charge in [0.05, 0.1) is 31.5 Å². The van der Waals surface area contributed by atoms with Crippen LogP contribution >= 0.6 is 24.0 Å². The van der Waals surface area contributed by atoms with Crippen LogP contribution < -0.4 is 20.1 Å². The Balaban J connectivity index is 0.00000240. The molecule has 7 nitrogen and oxygen atoms in total. The lowest BCUT2D eigenvalue weighted by Crippen LogP contribution is -2.30. The summed E-state index contributed by atoms with van der Waals surface area (Å²) in [6, 6.07) is 8.51. The van der Waals surface area contributed by atoms with Crippen LogP contribution in [0.15, 0.2) is 35.5 Å². The van der Waals surface area contributed by atoms with Crippen molar-refractivity contribution in [3.05, 3.63) is 36.2 Å². The highest BCUT2D eigenvalue weighted by Crippen LogP contribution is 2.32. The quantitative estimate of drug-likeness (QED) is 0.355. The Bertz CT molecular complexity index is 817. The number of anilines is 1. The highest BCUT2D eigenvalue weighted by atomic mass is 127. The Labute approximate surface area is 189 Å². The molecule has 2 heterocycles. The van der Waals surface area contributed by atoms with Crippen molar-refractivity contribution in [1.82, 2.24) is 15.1 Å². The van der Waals surface area contributed by atoms with E-state index < -0.39 is 0 Å². The summed E-state index contributed by atoms with van der Waals surface area (Å²) in [5.41, 5.74) is 1.91. The summed E-state index contributed by atoms with van der Waals surface area (Å²) < 4.78 is 13.6. The monoisotopic (exact) mass is 511 g/mol. The van der Waals surface area contributed by atoms with Crippen molar-refractivity contribution in [2.75, 3.05) is 25.1 Å². The van der Waals surface area contributed by atoms with Gasteiger partial charge in [-0.3, -0.25) is 4.68 Å². The molecule has 0 unspecified atom stereocenters. The molecule has 0 radical (unpaired) electrons. The molecule has 1 fully saturated rings. The lowest BCUT2D eigenvalue weighted by atomic mass is 10.3. The fourth-order valence-electron chi connectivity index (χ4n) is 3.68. The molecule has 29 heavy (non-hydrogen) atoms. The van der Waals surface area contributed by atoms with Crippen LogP contribution in [0, 0.1) is 0 Å². The number of aliphatic imine (C=N–C) groups is 1. The number of fused-ring (bicyclic) bond motifs is 1. The number of benzene rings is 1. The van der Waals surface area contributed by atoms with Crippen LogP contribution in [-0.2, 0) is 6.54 Å². The normalized spacial score (nSPS) is 16.8. The first kappa shape index (κ1) is 21.7. The smallest absolute Gasteiger partial charge is 0.196 e. The van der Waals surface area contributed by atoms with Crippen molar-refractivity contribution in [1.29, 1.82) is 0 Å². The molecule has 2 N–H and O–H groups in total. The third-order valence-corrected chi connectivity index (χ3v) is 5.12. The molecule has 0 saturated heterocycles. The van der Waals surface area contributed by atoms with Gasteiger partial charge in [-0.05, 0) is 38.0 Å². The number of ether oxygens (including phenoxy) is 2.